The molecule has 0 aliphatic carbocycles. The van der Waals surface area contributed by atoms with Crippen molar-refractivity contribution in [2.24, 2.45) is 0 Å². The van der Waals surface area contributed by atoms with Crippen molar-refractivity contribution in [1.82, 2.24) is 9.97 Å². The van der Waals surface area contributed by atoms with Gasteiger partial charge in [0.15, 0.2) is 5.16 Å². The van der Waals surface area contributed by atoms with Crippen LogP contribution in [0.25, 0.3) is 0 Å². The molecule has 1 N–H and O–H groups in total. The first kappa shape index (κ1) is 12.6. The zero-order valence-corrected chi connectivity index (χ0v) is 10.2. The lowest BCUT2D eigenvalue weighted by atomic mass is 10.5. The third-order valence-electron chi connectivity index (χ3n) is 1.55. The van der Waals surface area contributed by atoms with Crippen molar-refractivity contribution in [3.05, 3.63) is 22.1 Å². The molecule has 0 radical (unpaired) electrons. The molecule has 0 atom stereocenters. The number of nitrogens with one attached hydrogen (secondary N) is 1. The van der Waals surface area contributed by atoms with Crippen molar-refractivity contribution in [1.29, 1.82) is 0 Å². The van der Waals surface area contributed by atoms with E-state index in [1.54, 1.807) is 6.92 Å². The number of thiol groups is 1. The highest BCUT2D eigenvalue weighted by atomic mass is 32.2. The Hall–Kier alpha value is -0.460. The van der Waals surface area contributed by atoms with Crippen molar-refractivity contribution in [3.8, 4) is 0 Å². The van der Waals surface area contributed by atoms with Crippen LogP contribution in [0, 0.1) is 6.92 Å². The van der Waals surface area contributed by atoms with Gasteiger partial charge in [-0.2, -0.15) is 12.6 Å². The largest absolute Gasteiger partial charge is 0.380 e. The maximum Gasteiger partial charge on any atom is 0.251 e. The first-order chi connectivity index (χ1) is 7.22. The van der Waals surface area contributed by atoms with E-state index in [0.717, 1.165) is 17.2 Å². The number of nitrogens with zero attached hydrogens (tertiary/aromatic N) is 1. The van der Waals surface area contributed by atoms with Crippen LogP contribution in [0.5, 0.6) is 0 Å². The monoisotopic (exact) mass is 246 g/mol. The third kappa shape index (κ3) is 5.25. The molecule has 1 aromatic rings. The Bertz CT molecular complexity index is 354. The lowest BCUT2D eigenvalue weighted by Gasteiger charge is -2.02. The Morgan fingerprint density at radius 2 is 2.40 bits per heavy atom. The summed E-state index contributed by atoms with van der Waals surface area (Å²) in [7, 11) is 0. The first-order valence-electron chi connectivity index (χ1n) is 4.62. The van der Waals surface area contributed by atoms with Gasteiger partial charge in [0.05, 0.1) is 13.2 Å². The highest BCUT2D eigenvalue weighted by Gasteiger charge is 1.98. The average molecular weight is 246 g/mol. The van der Waals surface area contributed by atoms with Crippen molar-refractivity contribution < 1.29 is 4.74 Å². The molecule has 15 heavy (non-hydrogen) atoms. The lowest BCUT2D eigenvalue weighted by Crippen LogP contribution is -2.09. The number of H-pyrrole nitrogens is 1. The van der Waals surface area contributed by atoms with Gasteiger partial charge in [-0.1, -0.05) is 11.8 Å². The van der Waals surface area contributed by atoms with Crippen LogP contribution in [0.15, 0.2) is 16.0 Å². The number of aryl methyl sites for hydroxylation is 1. The highest BCUT2D eigenvalue weighted by Crippen LogP contribution is 2.10. The van der Waals surface area contributed by atoms with Crippen LogP contribution in [0.2, 0.25) is 0 Å². The van der Waals surface area contributed by atoms with E-state index < -0.39 is 0 Å². The summed E-state index contributed by atoms with van der Waals surface area (Å²) < 4.78 is 5.25. The Morgan fingerprint density at radius 3 is 3.07 bits per heavy atom. The van der Waals surface area contributed by atoms with Gasteiger partial charge in [-0.15, -0.1) is 0 Å². The molecule has 1 rings (SSSR count). The molecule has 0 saturated carbocycles. The van der Waals surface area contributed by atoms with E-state index in [1.165, 1.54) is 17.8 Å². The smallest absolute Gasteiger partial charge is 0.251 e. The summed E-state index contributed by atoms with van der Waals surface area (Å²) in [5, 5.41) is 0.648. The summed E-state index contributed by atoms with van der Waals surface area (Å²) in [6.45, 7) is 3.10. The summed E-state index contributed by atoms with van der Waals surface area (Å²) in [6.07, 6.45) is 0. The molecule has 1 aromatic heterocycles. The lowest BCUT2D eigenvalue weighted by molar-refractivity contribution is 0.167. The van der Waals surface area contributed by atoms with Crippen molar-refractivity contribution in [2.45, 2.75) is 12.1 Å². The van der Waals surface area contributed by atoms with Crippen LogP contribution in [0.3, 0.4) is 0 Å². The predicted molar refractivity (Wildman–Crippen MR) is 65.0 cm³/mol. The van der Waals surface area contributed by atoms with Gasteiger partial charge in [-0.25, -0.2) is 4.98 Å². The van der Waals surface area contributed by atoms with E-state index >= 15 is 0 Å². The molecule has 0 saturated heterocycles. The molecule has 0 unspecified atom stereocenters. The topological polar surface area (TPSA) is 55.0 Å². The van der Waals surface area contributed by atoms with Gasteiger partial charge in [-0.05, 0) is 6.92 Å². The molecule has 84 valence electrons. The van der Waals surface area contributed by atoms with Gasteiger partial charge in [0.25, 0.3) is 5.56 Å². The molecular weight excluding hydrogens is 232 g/mol. The molecule has 0 aromatic carbocycles. The molecular formula is C9H14N2O2S2. The second kappa shape index (κ2) is 6.92. The number of hydrogen-bond acceptors (Lipinski definition) is 5. The number of aromatic amines is 1. The number of thioether (sulfide) groups is 1. The summed E-state index contributed by atoms with van der Waals surface area (Å²) in [5.74, 6) is 1.50. The fourth-order valence-electron chi connectivity index (χ4n) is 0.984. The van der Waals surface area contributed by atoms with Gasteiger partial charge < -0.3 is 9.72 Å². The van der Waals surface area contributed by atoms with E-state index in [2.05, 4.69) is 22.6 Å². The van der Waals surface area contributed by atoms with Crippen molar-refractivity contribution in [2.75, 3.05) is 24.7 Å². The summed E-state index contributed by atoms with van der Waals surface area (Å²) >= 11 is 5.51. The predicted octanol–water partition coefficient (Wildman–Crippen LogP) is 1.12. The normalized spacial score (nSPS) is 10.5. The van der Waals surface area contributed by atoms with Crippen molar-refractivity contribution in [3.63, 3.8) is 0 Å². The van der Waals surface area contributed by atoms with Gasteiger partial charge in [0.2, 0.25) is 0 Å². The van der Waals surface area contributed by atoms with E-state index in [0.29, 0.717) is 18.4 Å². The quantitative estimate of drug-likeness (QED) is 0.342. The van der Waals surface area contributed by atoms with Crippen LogP contribution in [0.4, 0.5) is 0 Å². The second-order valence-corrected chi connectivity index (χ2v) is 4.41. The fraction of sp³-hybridized carbons (Fsp3) is 0.556. The van der Waals surface area contributed by atoms with E-state index in [4.69, 9.17) is 4.74 Å². The van der Waals surface area contributed by atoms with Gasteiger partial charge in [0.1, 0.15) is 0 Å². The summed E-state index contributed by atoms with van der Waals surface area (Å²) in [4.78, 5) is 17.9. The van der Waals surface area contributed by atoms with Gasteiger partial charge in [-0.3, -0.25) is 4.79 Å². The maximum absolute atomic E-state index is 11.1. The Balaban J connectivity index is 2.34. The number of ether oxygens (including phenoxy) is 1. The molecule has 0 aliphatic rings. The molecule has 0 amide bonds. The molecule has 4 nitrogen and oxygen atoms in total. The zero-order chi connectivity index (χ0) is 11.1. The van der Waals surface area contributed by atoms with Gasteiger partial charge >= 0.3 is 0 Å². The summed E-state index contributed by atoms with van der Waals surface area (Å²) in [6, 6.07) is 1.47. The minimum absolute atomic E-state index is 0.110. The van der Waals surface area contributed by atoms with E-state index in [9.17, 15) is 4.79 Å². The number of hydrogen-bond donors (Lipinski definition) is 2. The molecule has 1 heterocycles. The minimum atomic E-state index is -0.110. The minimum Gasteiger partial charge on any atom is -0.380 e. The van der Waals surface area contributed by atoms with Crippen molar-refractivity contribution >= 4 is 24.4 Å². The number of aromatic nitrogens is 2. The molecule has 0 bridgehead atoms. The molecule has 6 heteroatoms. The van der Waals surface area contributed by atoms with Crippen LogP contribution in [0.1, 0.15) is 5.69 Å². The average Bonchev–Trinajstić information content (AvgIpc) is 2.16. The number of rotatable bonds is 6. The molecule has 0 aliphatic heterocycles. The molecule has 0 spiro atoms. The van der Waals surface area contributed by atoms with E-state index in [1.807, 2.05) is 0 Å². The standard InChI is InChI=1S/C9H14N2O2S2/c1-7-6-8(12)11-9(10-7)15-5-3-13-2-4-14/h6,14H,2-5H2,1H3,(H,10,11,12). The van der Waals surface area contributed by atoms with Crippen LogP contribution >= 0.6 is 24.4 Å². The van der Waals surface area contributed by atoms with Crippen LogP contribution in [-0.2, 0) is 4.74 Å². The Kier molecular flexibility index (Phi) is 5.82. The fourth-order valence-corrected chi connectivity index (χ4v) is 1.89. The Morgan fingerprint density at radius 1 is 1.60 bits per heavy atom. The van der Waals surface area contributed by atoms with Crippen LogP contribution < -0.4 is 5.56 Å². The van der Waals surface area contributed by atoms with Crippen LogP contribution in [-0.4, -0.2) is 34.7 Å². The third-order valence-corrected chi connectivity index (χ3v) is 2.57. The SMILES string of the molecule is Cc1cc(=O)[nH]c(SCCOCCS)n1. The molecule has 0 fully saturated rings. The highest BCUT2D eigenvalue weighted by molar-refractivity contribution is 7.99. The Labute approximate surface area is 98.2 Å². The zero-order valence-electron chi connectivity index (χ0n) is 8.52. The van der Waals surface area contributed by atoms with Gasteiger partial charge in [0, 0.05) is 23.3 Å². The second-order valence-electron chi connectivity index (χ2n) is 2.88. The summed E-state index contributed by atoms with van der Waals surface area (Å²) in [5.41, 5.74) is 0.624. The maximum atomic E-state index is 11.1. The van der Waals surface area contributed by atoms with E-state index in [-0.39, 0.29) is 5.56 Å². The first-order valence-corrected chi connectivity index (χ1v) is 6.23.